The second kappa shape index (κ2) is 7.65. The molecule has 2 heterocycles. The van der Waals surface area contributed by atoms with Crippen LogP contribution in [0.4, 0.5) is 10.8 Å². The molecule has 0 spiro atoms. The third-order valence-electron chi connectivity index (χ3n) is 3.86. The highest BCUT2D eigenvalue weighted by molar-refractivity contribution is 8.18. The van der Waals surface area contributed by atoms with E-state index in [2.05, 4.69) is 10.3 Å². The van der Waals surface area contributed by atoms with Crippen molar-refractivity contribution in [2.24, 2.45) is 0 Å². The van der Waals surface area contributed by atoms with Crippen molar-refractivity contribution < 1.29 is 18.7 Å². The zero-order valence-corrected chi connectivity index (χ0v) is 15.6. The zero-order valence-electron chi connectivity index (χ0n) is 14.7. The number of aryl methyl sites for hydroxylation is 2. The van der Waals surface area contributed by atoms with E-state index in [1.165, 1.54) is 0 Å². The summed E-state index contributed by atoms with van der Waals surface area (Å²) >= 11 is 0.900. The number of carbonyl (C=O) groups is 2. The van der Waals surface area contributed by atoms with Crippen molar-refractivity contribution >= 4 is 35.0 Å². The number of anilines is 1. The number of oxazole rings is 1. The van der Waals surface area contributed by atoms with Crippen molar-refractivity contribution in [2.75, 3.05) is 25.1 Å². The first kappa shape index (κ1) is 18.1. The van der Waals surface area contributed by atoms with Gasteiger partial charge in [-0.15, -0.1) is 0 Å². The predicted molar refractivity (Wildman–Crippen MR) is 100 cm³/mol. The monoisotopic (exact) mass is 373 g/mol. The van der Waals surface area contributed by atoms with Gasteiger partial charge in [-0.25, -0.2) is 0 Å². The van der Waals surface area contributed by atoms with Gasteiger partial charge in [-0.2, -0.15) is 4.98 Å². The number of rotatable bonds is 6. The van der Waals surface area contributed by atoms with Crippen LogP contribution in [0, 0.1) is 13.8 Å². The molecule has 0 saturated carbocycles. The number of benzene rings is 1. The molecule has 0 unspecified atom stereocenters. The molecule has 136 valence electrons. The molecule has 2 amide bonds. The van der Waals surface area contributed by atoms with Gasteiger partial charge in [-0.1, -0.05) is 12.1 Å². The minimum Gasteiger partial charge on any atom is -0.492 e. The van der Waals surface area contributed by atoms with E-state index in [4.69, 9.17) is 9.15 Å². The number of aromatic nitrogens is 1. The van der Waals surface area contributed by atoms with E-state index >= 15 is 0 Å². The topological polar surface area (TPSA) is 84.7 Å². The lowest BCUT2D eigenvalue weighted by Crippen LogP contribution is -2.24. The van der Waals surface area contributed by atoms with Crippen molar-refractivity contribution in [1.82, 2.24) is 10.3 Å². The molecule has 8 heteroatoms. The first-order valence-electron chi connectivity index (χ1n) is 8.05. The lowest BCUT2D eigenvalue weighted by Gasteiger charge is -2.15. The van der Waals surface area contributed by atoms with Crippen molar-refractivity contribution in [1.29, 1.82) is 0 Å². The van der Waals surface area contributed by atoms with E-state index in [0.29, 0.717) is 24.1 Å². The third-order valence-corrected chi connectivity index (χ3v) is 4.67. The van der Waals surface area contributed by atoms with Gasteiger partial charge in [0.2, 0.25) is 0 Å². The molecule has 1 saturated heterocycles. The molecule has 0 atom stereocenters. The van der Waals surface area contributed by atoms with Gasteiger partial charge >= 0.3 is 0 Å². The van der Waals surface area contributed by atoms with Gasteiger partial charge in [-0.05, 0) is 49.4 Å². The van der Waals surface area contributed by atoms with Crippen molar-refractivity contribution in [3.8, 4) is 5.75 Å². The molecule has 2 aromatic rings. The molecule has 0 radical (unpaired) electrons. The summed E-state index contributed by atoms with van der Waals surface area (Å²) in [6.45, 7) is 4.90. The minimum absolute atomic E-state index is 0.346. The lowest BCUT2D eigenvalue weighted by atomic mass is 10.2. The van der Waals surface area contributed by atoms with Crippen molar-refractivity contribution in [3.05, 3.63) is 46.2 Å². The van der Waals surface area contributed by atoms with Crippen LogP contribution < -0.4 is 15.0 Å². The van der Waals surface area contributed by atoms with Crippen LogP contribution >= 0.6 is 11.8 Å². The van der Waals surface area contributed by atoms with Gasteiger partial charge in [0, 0.05) is 7.05 Å². The van der Waals surface area contributed by atoms with E-state index in [0.717, 1.165) is 34.5 Å². The molecular formula is C18H19N3O4S. The Balaban J connectivity index is 1.52. The molecule has 7 nitrogen and oxygen atoms in total. The fourth-order valence-corrected chi connectivity index (χ4v) is 2.93. The predicted octanol–water partition coefficient (Wildman–Crippen LogP) is 3.13. The molecule has 0 bridgehead atoms. The number of thioether (sulfide) groups is 1. The Morgan fingerprint density at radius 3 is 2.58 bits per heavy atom. The van der Waals surface area contributed by atoms with Crippen LogP contribution in [0.15, 0.2) is 33.6 Å². The molecule has 1 fully saturated rings. The summed E-state index contributed by atoms with van der Waals surface area (Å²) in [6, 6.07) is 7.90. The van der Waals surface area contributed by atoms with Crippen molar-refractivity contribution in [3.63, 3.8) is 0 Å². The van der Waals surface area contributed by atoms with Crippen LogP contribution in [-0.2, 0) is 4.79 Å². The highest BCUT2D eigenvalue weighted by atomic mass is 32.2. The average molecular weight is 373 g/mol. The van der Waals surface area contributed by atoms with Crippen LogP contribution in [0.2, 0.25) is 0 Å². The molecular weight excluding hydrogens is 354 g/mol. The molecule has 1 aliphatic heterocycles. The normalized spacial score (nSPS) is 15.4. The summed E-state index contributed by atoms with van der Waals surface area (Å²) in [5, 5.41) is 1.88. The number of amides is 2. The van der Waals surface area contributed by atoms with Gasteiger partial charge in [0.05, 0.1) is 17.1 Å². The lowest BCUT2D eigenvalue weighted by molar-refractivity contribution is -0.115. The Labute approximate surface area is 155 Å². The maximum Gasteiger partial charge on any atom is 0.297 e. The maximum atomic E-state index is 11.5. The highest BCUT2D eigenvalue weighted by Crippen LogP contribution is 2.26. The first-order valence-corrected chi connectivity index (χ1v) is 8.87. The standard InChI is InChI=1S/C18H19N3O4S/c1-11-12(2)25-17(19-11)21(3)8-9-24-14-6-4-13(5-7-14)10-15-16(22)20-18(23)26-15/h4-7,10H,8-9H2,1-3H3,(H,20,22,23). The third kappa shape index (κ3) is 4.26. The molecule has 1 aliphatic rings. The zero-order chi connectivity index (χ0) is 18.7. The smallest absolute Gasteiger partial charge is 0.297 e. The Kier molecular flexibility index (Phi) is 5.32. The Bertz CT molecular complexity index is 838. The molecule has 0 aliphatic carbocycles. The van der Waals surface area contributed by atoms with Gasteiger partial charge < -0.3 is 14.1 Å². The van der Waals surface area contributed by atoms with E-state index in [-0.39, 0.29) is 11.1 Å². The van der Waals surface area contributed by atoms with Crippen LogP contribution in [0.5, 0.6) is 5.75 Å². The number of ether oxygens (including phenoxy) is 1. The number of carbonyl (C=O) groups excluding carboxylic acids is 2. The van der Waals surface area contributed by atoms with Crippen molar-refractivity contribution in [2.45, 2.75) is 13.8 Å². The summed E-state index contributed by atoms with van der Waals surface area (Å²) in [4.78, 5) is 29.3. The molecule has 26 heavy (non-hydrogen) atoms. The van der Waals surface area contributed by atoms with Crippen LogP contribution in [0.3, 0.4) is 0 Å². The summed E-state index contributed by atoms with van der Waals surface area (Å²) in [5.74, 6) is 1.17. The average Bonchev–Trinajstić information content (AvgIpc) is 3.10. The Morgan fingerprint density at radius 2 is 2.00 bits per heavy atom. The fraction of sp³-hybridized carbons (Fsp3) is 0.278. The second-order valence-electron chi connectivity index (χ2n) is 5.83. The highest BCUT2D eigenvalue weighted by Gasteiger charge is 2.24. The first-order chi connectivity index (χ1) is 12.4. The van der Waals surface area contributed by atoms with E-state index in [9.17, 15) is 9.59 Å². The van der Waals surface area contributed by atoms with Gasteiger partial charge in [0.15, 0.2) is 0 Å². The van der Waals surface area contributed by atoms with E-state index < -0.39 is 0 Å². The Morgan fingerprint density at radius 1 is 1.27 bits per heavy atom. The van der Waals surface area contributed by atoms with Crippen LogP contribution in [-0.4, -0.2) is 36.3 Å². The number of nitrogens with zero attached hydrogens (tertiary/aromatic N) is 2. The quantitative estimate of drug-likeness (QED) is 0.779. The van der Waals surface area contributed by atoms with Gasteiger partial charge in [0.1, 0.15) is 18.1 Å². The number of nitrogens with one attached hydrogen (secondary N) is 1. The van der Waals surface area contributed by atoms with E-state index in [1.807, 2.05) is 50.1 Å². The molecule has 3 rings (SSSR count). The Hall–Kier alpha value is -2.74. The maximum absolute atomic E-state index is 11.5. The number of hydrogen-bond donors (Lipinski definition) is 1. The number of likely N-dealkylation sites (N-methyl/N-ethyl adjacent to an activating group) is 1. The molecule has 1 aromatic carbocycles. The van der Waals surface area contributed by atoms with Crippen LogP contribution in [0.1, 0.15) is 17.0 Å². The number of imide groups is 1. The minimum atomic E-state index is -0.361. The largest absolute Gasteiger partial charge is 0.492 e. The van der Waals surface area contributed by atoms with Crippen LogP contribution in [0.25, 0.3) is 6.08 Å². The number of hydrogen-bond acceptors (Lipinski definition) is 7. The van der Waals surface area contributed by atoms with E-state index in [1.54, 1.807) is 6.08 Å². The molecule has 1 N–H and O–H groups in total. The second-order valence-corrected chi connectivity index (χ2v) is 6.84. The fourth-order valence-electron chi connectivity index (χ4n) is 2.25. The summed E-state index contributed by atoms with van der Waals surface area (Å²) in [6.07, 6.45) is 1.68. The SMILES string of the molecule is Cc1nc(N(C)CCOc2ccc(C=C3SC(=O)NC3=O)cc2)oc1C. The summed E-state index contributed by atoms with van der Waals surface area (Å²) < 4.78 is 11.3. The summed E-state index contributed by atoms with van der Waals surface area (Å²) in [5.41, 5.74) is 1.71. The van der Waals surface area contributed by atoms with Gasteiger partial charge in [0.25, 0.3) is 17.2 Å². The molecule has 1 aromatic heterocycles. The summed E-state index contributed by atoms with van der Waals surface area (Å²) in [7, 11) is 1.90. The van der Waals surface area contributed by atoms with Gasteiger partial charge in [-0.3, -0.25) is 14.9 Å².